The summed E-state index contributed by atoms with van der Waals surface area (Å²) in [6.45, 7) is -0.0241. The summed E-state index contributed by atoms with van der Waals surface area (Å²) in [5, 5.41) is 19.6. The van der Waals surface area contributed by atoms with Gasteiger partial charge < -0.3 is 10.7 Å². The molecule has 1 aromatic heterocycles. The molecule has 0 aliphatic rings. The Morgan fingerprint density at radius 1 is 1.19 bits per heavy atom. The van der Waals surface area contributed by atoms with Gasteiger partial charge in [-0.25, -0.2) is 4.98 Å². The molecule has 136 valence electrons. The predicted octanol–water partition coefficient (Wildman–Crippen LogP) is 3.28. The van der Waals surface area contributed by atoms with Gasteiger partial charge in [0.1, 0.15) is 6.54 Å². The number of amides is 1. The summed E-state index contributed by atoms with van der Waals surface area (Å²) in [6.07, 6.45) is 1.48. The Morgan fingerprint density at radius 3 is 2.63 bits per heavy atom. The number of carbonyl (C=O) groups excluding carboxylic acids is 1. The molecule has 27 heavy (non-hydrogen) atoms. The van der Waals surface area contributed by atoms with Crippen molar-refractivity contribution in [2.24, 2.45) is 5.10 Å². The molecular weight excluding hydrogens is 366 g/mol. The molecule has 1 amide bonds. The average molecular weight is 381 g/mol. The zero-order chi connectivity index (χ0) is 19.1. The summed E-state index contributed by atoms with van der Waals surface area (Å²) < 4.78 is 0. The highest BCUT2D eigenvalue weighted by atomic mass is 32.1. The largest absolute Gasteiger partial charge is 0.301 e. The van der Waals surface area contributed by atoms with E-state index in [0.29, 0.717) is 10.7 Å². The molecule has 0 unspecified atom stereocenters. The van der Waals surface area contributed by atoms with E-state index < -0.39 is 4.92 Å². The van der Waals surface area contributed by atoms with E-state index in [1.807, 2.05) is 35.7 Å². The number of nitrogens with one attached hydrogen (secondary N) is 2. The molecule has 0 saturated heterocycles. The van der Waals surface area contributed by atoms with Crippen LogP contribution in [0.4, 0.5) is 10.8 Å². The van der Waals surface area contributed by atoms with Crippen molar-refractivity contribution in [1.29, 1.82) is 0 Å². The maximum Gasteiger partial charge on any atom is 0.269 e. The molecule has 0 aliphatic carbocycles. The van der Waals surface area contributed by atoms with E-state index in [1.165, 1.54) is 29.7 Å². The van der Waals surface area contributed by atoms with Gasteiger partial charge in [-0.05, 0) is 17.7 Å². The van der Waals surface area contributed by atoms with Gasteiger partial charge >= 0.3 is 0 Å². The highest BCUT2D eigenvalue weighted by Crippen LogP contribution is 2.24. The van der Waals surface area contributed by atoms with Gasteiger partial charge in [0.2, 0.25) is 5.91 Å². The van der Waals surface area contributed by atoms with E-state index in [4.69, 9.17) is 0 Å². The Kier molecular flexibility index (Phi) is 5.85. The Bertz CT molecular complexity index is 955. The summed E-state index contributed by atoms with van der Waals surface area (Å²) in [5.41, 5.74) is 5.12. The van der Waals surface area contributed by atoms with Crippen LogP contribution in [0.1, 0.15) is 5.56 Å². The minimum Gasteiger partial charge on any atom is -0.301 e. The second-order valence-corrected chi connectivity index (χ2v) is 6.25. The number of rotatable bonds is 7. The Hall–Kier alpha value is -3.59. The van der Waals surface area contributed by atoms with Crippen LogP contribution in [0.3, 0.4) is 0 Å². The molecule has 3 aromatic rings. The predicted molar refractivity (Wildman–Crippen MR) is 105 cm³/mol. The first-order chi connectivity index (χ1) is 13.1. The van der Waals surface area contributed by atoms with Gasteiger partial charge in [0.25, 0.3) is 5.69 Å². The van der Waals surface area contributed by atoms with Gasteiger partial charge in [-0.2, -0.15) is 5.10 Å². The van der Waals surface area contributed by atoms with Crippen LogP contribution in [0.15, 0.2) is 65.1 Å². The second-order valence-electron chi connectivity index (χ2n) is 5.39. The first kappa shape index (κ1) is 18.2. The van der Waals surface area contributed by atoms with Crippen molar-refractivity contribution in [3.05, 3.63) is 75.7 Å². The standard InChI is InChI=1S/C18H15N5O3S/c24-17(11-20-19-10-13-6-8-15(9-7-13)23(25)26)22-18-21-16(12-27-18)14-4-2-1-3-5-14/h1-10,12,20H,11H2,(H,21,22,24)/b19-10+. The number of benzene rings is 2. The first-order valence-corrected chi connectivity index (χ1v) is 8.81. The fraction of sp³-hybridized carbons (Fsp3) is 0.0556. The van der Waals surface area contributed by atoms with Gasteiger partial charge in [-0.3, -0.25) is 14.9 Å². The SMILES string of the molecule is O=C(CN/N=C/c1ccc([N+](=O)[O-])cc1)Nc1nc(-c2ccccc2)cs1. The zero-order valence-electron chi connectivity index (χ0n) is 14.0. The summed E-state index contributed by atoms with van der Waals surface area (Å²) in [5.74, 6) is -0.273. The van der Waals surface area contributed by atoms with E-state index in [0.717, 1.165) is 11.3 Å². The van der Waals surface area contributed by atoms with Gasteiger partial charge in [-0.1, -0.05) is 30.3 Å². The zero-order valence-corrected chi connectivity index (χ0v) is 14.8. The second kappa shape index (κ2) is 8.68. The molecule has 8 nitrogen and oxygen atoms in total. The van der Waals surface area contributed by atoms with Crippen LogP contribution in [0.25, 0.3) is 11.3 Å². The quantitative estimate of drug-likeness (QED) is 0.371. The number of nitrogens with zero attached hydrogens (tertiary/aromatic N) is 3. The topological polar surface area (TPSA) is 110 Å². The van der Waals surface area contributed by atoms with Gasteiger partial charge in [0.15, 0.2) is 5.13 Å². The van der Waals surface area contributed by atoms with E-state index >= 15 is 0 Å². The normalized spacial score (nSPS) is 10.7. The van der Waals surface area contributed by atoms with E-state index in [-0.39, 0.29) is 18.1 Å². The molecular formula is C18H15N5O3S. The minimum atomic E-state index is -0.467. The van der Waals surface area contributed by atoms with Crippen molar-refractivity contribution >= 4 is 34.3 Å². The average Bonchev–Trinajstić information content (AvgIpc) is 3.15. The third kappa shape index (κ3) is 5.19. The third-order valence-electron chi connectivity index (χ3n) is 3.47. The number of nitro benzene ring substituents is 1. The number of anilines is 1. The van der Waals surface area contributed by atoms with E-state index in [1.54, 1.807) is 12.1 Å². The fourth-order valence-electron chi connectivity index (χ4n) is 2.16. The molecule has 0 radical (unpaired) electrons. The monoisotopic (exact) mass is 381 g/mol. The fourth-order valence-corrected chi connectivity index (χ4v) is 2.89. The van der Waals surface area contributed by atoms with Crippen LogP contribution < -0.4 is 10.7 Å². The summed E-state index contributed by atoms with van der Waals surface area (Å²) in [4.78, 5) is 26.4. The Morgan fingerprint density at radius 2 is 1.93 bits per heavy atom. The van der Waals surface area contributed by atoms with Crippen LogP contribution in [0.5, 0.6) is 0 Å². The molecule has 3 rings (SSSR count). The highest BCUT2D eigenvalue weighted by Gasteiger charge is 2.07. The summed E-state index contributed by atoms with van der Waals surface area (Å²) in [6, 6.07) is 15.6. The number of carbonyl (C=O) groups is 1. The molecule has 0 bridgehead atoms. The van der Waals surface area contributed by atoms with Gasteiger partial charge in [-0.15, -0.1) is 11.3 Å². The number of aromatic nitrogens is 1. The lowest BCUT2D eigenvalue weighted by Crippen LogP contribution is -2.24. The number of hydrogen-bond donors (Lipinski definition) is 2. The first-order valence-electron chi connectivity index (χ1n) is 7.93. The van der Waals surface area contributed by atoms with Crippen LogP contribution in [0.2, 0.25) is 0 Å². The van der Waals surface area contributed by atoms with Crippen LogP contribution in [-0.2, 0) is 4.79 Å². The third-order valence-corrected chi connectivity index (χ3v) is 4.23. The molecule has 0 atom stereocenters. The molecule has 2 aromatic carbocycles. The van der Waals surface area contributed by atoms with Crippen molar-refractivity contribution in [2.45, 2.75) is 0 Å². The maximum absolute atomic E-state index is 11.9. The lowest BCUT2D eigenvalue weighted by Gasteiger charge is -2.01. The summed E-state index contributed by atoms with van der Waals surface area (Å²) >= 11 is 1.35. The highest BCUT2D eigenvalue weighted by molar-refractivity contribution is 7.14. The number of nitro groups is 1. The van der Waals surface area contributed by atoms with Crippen molar-refractivity contribution in [2.75, 3.05) is 11.9 Å². The molecule has 2 N–H and O–H groups in total. The maximum atomic E-state index is 11.9. The van der Waals surface area contributed by atoms with Crippen molar-refractivity contribution in [3.8, 4) is 11.3 Å². The number of thiazole rings is 1. The number of non-ortho nitro benzene ring substituents is 1. The smallest absolute Gasteiger partial charge is 0.269 e. The molecule has 0 spiro atoms. The minimum absolute atomic E-state index is 0.0119. The van der Waals surface area contributed by atoms with Gasteiger partial charge in [0.05, 0.1) is 16.8 Å². The molecule has 0 aliphatic heterocycles. The van der Waals surface area contributed by atoms with E-state index in [9.17, 15) is 14.9 Å². The number of hydrazone groups is 1. The van der Waals surface area contributed by atoms with Crippen LogP contribution in [-0.4, -0.2) is 28.6 Å². The summed E-state index contributed by atoms with van der Waals surface area (Å²) in [7, 11) is 0. The Balaban J connectivity index is 1.47. The molecule has 1 heterocycles. The van der Waals surface area contributed by atoms with Crippen molar-refractivity contribution in [3.63, 3.8) is 0 Å². The van der Waals surface area contributed by atoms with Crippen LogP contribution in [0, 0.1) is 10.1 Å². The molecule has 9 heteroatoms. The van der Waals surface area contributed by atoms with Crippen molar-refractivity contribution in [1.82, 2.24) is 10.4 Å². The Labute approximate surface area is 158 Å². The van der Waals surface area contributed by atoms with Gasteiger partial charge in [0, 0.05) is 23.1 Å². The molecule has 0 fully saturated rings. The van der Waals surface area contributed by atoms with E-state index in [2.05, 4.69) is 20.8 Å². The lowest BCUT2D eigenvalue weighted by molar-refractivity contribution is -0.384. The van der Waals surface area contributed by atoms with Crippen molar-refractivity contribution < 1.29 is 9.72 Å². The lowest BCUT2D eigenvalue weighted by atomic mass is 10.2. The van der Waals surface area contributed by atoms with Crippen LogP contribution >= 0.6 is 11.3 Å². The molecule has 0 saturated carbocycles. The number of hydrogen-bond acceptors (Lipinski definition) is 7.